The van der Waals surface area contributed by atoms with Crippen molar-refractivity contribution >= 4 is 57.1 Å². The van der Waals surface area contributed by atoms with E-state index in [0.717, 1.165) is 61.1 Å². The minimum atomic E-state index is -0.289. The first-order valence-electron chi connectivity index (χ1n) is 31.7. The van der Waals surface area contributed by atoms with Gasteiger partial charge >= 0.3 is 0 Å². The van der Waals surface area contributed by atoms with Gasteiger partial charge in [0.05, 0.1) is 11.1 Å². The smallest absolute Gasteiger partial charge is 0.262 e. The number of carbonyl (C=O) groups excluding carboxylic acids is 4. The lowest BCUT2D eigenvalue weighted by molar-refractivity contribution is 0.0556. The highest BCUT2D eigenvalue weighted by atomic mass is 32.1. The van der Waals surface area contributed by atoms with Crippen molar-refractivity contribution in [3.05, 3.63) is 69.1 Å². The van der Waals surface area contributed by atoms with E-state index >= 15 is 19.2 Å². The molecule has 0 saturated carbocycles. The molecule has 2 aromatic carbocycles. The normalized spacial score (nSPS) is 13.6. The Labute approximate surface area is 470 Å². The van der Waals surface area contributed by atoms with Crippen molar-refractivity contribution in [1.29, 1.82) is 0 Å². The van der Waals surface area contributed by atoms with E-state index in [-0.39, 0.29) is 35.5 Å². The molecule has 0 spiro atoms. The van der Waals surface area contributed by atoms with Crippen LogP contribution < -0.4 is 0 Å². The molecule has 2 aromatic heterocycles. The second kappa shape index (κ2) is 33.7. The van der Waals surface area contributed by atoms with Gasteiger partial charge in [0, 0.05) is 60.1 Å². The van der Waals surface area contributed by atoms with Crippen LogP contribution in [0.15, 0.2) is 36.4 Å². The van der Waals surface area contributed by atoms with Crippen molar-refractivity contribution in [2.45, 2.75) is 273 Å². The number of unbranched alkanes of at least 4 members (excludes halogenated alkanes) is 28. The van der Waals surface area contributed by atoms with E-state index in [1.807, 2.05) is 19.1 Å². The predicted octanol–water partition coefficient (Wildman–Crippen LogP) is 21.5. The first-order chi connectivity index (χ1) is 37.1. The zero-order valence-corrected chi connectivity index (χ0v) is 50.5. The molecule has 8 heteroatoms. The average Bonchev–Trinajstić information content (AvgIpc) is 4.12. The van der Waals surface area contributed by atoms with Crippen molar-refractivity contribution in [2.75, 3.05) is 13.1 Å². The highest BCUT2D eigenvalue weighted by Gasteiger charge is 2.43. The zero-order valence-electron chi connectivity index (χ0n) is 48.8. The van der Waals surface area contributed by atoms with Crippen LogP contribution in [-0.4, -0.2) is 46.5 Å². The molecule has 4 heterocycles. The maximum absolute atomic E-state index is 15.6. The molecule has 4 aromatic rings. The summed E-state index contributed by atoms with van der Waals surface area (Å²) in [6.45, 7) is 13.9. The number of aryl methyl sites for hydroxylation is 2. The molecular formula is C68H102N2O4S2. The molecule has 0 radical (unpaired) electrons. The SMILES string of the molecule is CCCCCCCCCCC(CCCCCCCCCC)CN1C(=O)c2cc(-c3ccc(-c4ccc(C)s4)s3)c3c4c(cc(C)c(c24)C1=O)C(=O)N(CC(CCCCCCCCCC)CCCCCCCCCC)C3=O. The van der Waals surface area contributed by atoms with E-state index in [9.17, 15) is 0 Å². The number of nitrogens with zero attached hydrogens (tertiary/aromatic N) is 2. The molecule has 0 aliphatic carbocycles. The van der Waals surface area contributed by atoms with Crippen molar-refractivity contribution in [1.82, 2.24) is 9.80 Å². The highest BCUT2D eigenvalue weighted by molar-refractivity contribution is 7.23. The number of thiophene rings is 2. The van der Waals surface area contributed by atoms with Crippen LogP contribution in [0.4, 0.5) is 0 Å². The third kappa shape index (κ3) is 17.7. The van der Waals surface area contributed by atoms with Crippen molar-refractivity contribution < 1.29 is 19.2 Å². The van der Waals surface area contributed by atoms with Gasteiger partial charge in [-0.3, -0.25) is 29.0 Å². The standard InChI is InChI=1S/C68H102N2O4S2/c1-7-11-15-19-23-27-31-35-39-53(40-36-32-28-24-20-16-12-8-2)49-69-66(72)57-48-55(58-45-46-60(76-58)59-44-43-52(6)75-59)64-63-56(47-51(5)61(62(57)63)67(69)73)65(71)70(68(64)74)50-54(41-37-33-29-25-21-17-13-9-3)42-38-34-30-26-22-18-14-10-4/h43-48,53-54H,7-42,49-50H2,1-6H3. The minimum absolute atomic E-state index is 0.212. The molecule has 0 unspecified atom stereocenters. The van der Waals surface area contributed by atoms with E-state index < -0.39 is 0 Å². The van der Waals surface area contributed by atoms with Gasteiger partial charge in [-0.15, -0.1) is 22.7 Å². The summed E-state index contributed by atoms with van der Waals surface area (Å²) in [6, 6.07) is 12.4. The fourth-order valence-corrected chi connectivity index (χ4v) is 14.5. The van der Waals surface area contributed by atoms with Crippen molar-refractivity contribution in [3.63, 3.8) is 0 Å². The zero-order chi connectivity index (χ0) is 54.1. The molecule has 4 amide bonds. The van der Waals surface area contributed by atoms with E-state index in [1.54, 1.807) is 32.5 Å². The number of hydrogen-bond donors (Lipinski definition) is 0. The monoisotopic (exact) mass is 1070 g/mol. The van der Waals surface area contributed by atoms with Gasteiger partial charge in [-0.25, -0.2) is 0 Å². The van der Waals surface area contributed by atoms with Gasteiger partial charge in [0.25, 0.3) is 23.6 Å². The molecule has 0 bridgehead atoms. The van der Waals surface area contributed by atoms with Gasteiger partial charge in [0.1, 0.15) is 0 Å². The summed E-state index contributed by atoms with van der Waals surface area (Å²) in [6.07, 6.45) is 44.0. The van der Waals surface area contributed by atoms with E-state index in [1.165, 1.54) is 190 Å². The molecule has 2 aliphatic heterocycles. The van der Waals surface area contributed by atoms with Crippen LogP contribution in [0.3, 0.4) is 0 Å². The minimum Gasteiger partial charge on any atom is -0.274 e. The maximum atomic E-state index is 15.6. The third-order valence-corrected chi connectivity index (χ3v) is 19.4. The van der Waals surface area contributed by atoms with Gasteiger partial charge < -0.3 is 0 Å². The topological polar surface area (TPSA) is 74.8 Å². The number of amides is 4. The Morgan fingerprint density at radius 1 is 0.355 bits per heavy atom. The molecule has 6 nitrogen and oxygen atoms in total. The quantitative estimate of drug-likeness (QED) is 0.0327. The largest absolute Gasteiger partial charge is 0.274 e. The molecule has 0 atom stereocenters. The lowest BCUT2D eigenvalue weighted by Crippen LogP contribution is -2.46. The molecule has 76 heavy (non-hydrogen) atoms. The maximum Gasteiger partial charge on any atom is 0.262 e. The van der Waals surface area contributed by atoms with Gasteiger partial charge in [0.2, 0.25) is 0 Å². The predicted molar refractivity (Wildman–Crippen MR) is 327 cm³/mol. The summed E-state index contributed by atoms with van der Waals surface area (Å²) in [4.78, 5) is 68.8. The second-order valence-corrected chi connectivity index (χ2v) is 25.9. The Bertz CT molecular complexity index is 2370. The Balaban J connectivity index is 1.31. The lowest BCUT2D eigenvalue weighted by Gasteiger charge is -2.36. The second-order valence-electron chi connectivity index (χ2n) is 23.5. The molecule has 2 aliphatic rings. The molecular weight excluding hydrogens is 973 g/mol. The van der Waals surface area contributed by atoms with Gasteiger partial charge in [0.15, 0.2) is 0 Å². The summed E-state index contributed by atoms with van der Waals surface area (Å²) < 4.78 is 0. The molecule has 420 valence electrons. The van der Waals surface area contributed by atoms with Crippen LogP contribution in [0.1, 0.15) is 311 Å². The van der Waals surface area contributed by atoms with Crippen LogP contribution in [0.2, 0.25) is 0 Å². The lowest BCUT2D eigenvalue weighted by atomic mass is 9.80. The number of imide groups is 2. The number of carbonyl (C=O) groups is 4. The average molecular weight is 1080 g/mol. The molecule has 0 N–H and O–H groups in total. The number of hydrogen-bond acceptors (Lipinski definition) is 6. The Kier molecular flexibility index (Phi) is 27.3. The van der Waals surface area contributed by atoms with Gasteiger partial charge in [-0.2, -0.15) is 0 Å². The summed E-state index contributed by atoms with van der Waals surface area (Å²) in [5.74, 6) is -0.706. The molecule has 6 rings (SSSR count). The Hall–Kier alpha value is -3.62. The summed E-state index contributed by atoms with van der Waals surface area (Å²) in [5.41, 5.74) is 3.26. The number of benzene rings is 2. The van der Waals surface area contributed by atoms with Crippen LogP contribution in [-0.2, 0) is 0 Å². The summed E-state index contributed by atoms with van der Waals surface area (Å²) in [7, 11) is 0. The van der Waals surface area contributed by atoms with E-state index in [4.69, 9.17) is 0 Å². The first kappa shape index (κ1) is 61.6. The Morgan fingerprint density at radius 2 is 0.684 bits per heavy atom. The van der Waals surface area contributed by atoms with Gasteiger partial charge in [-0.05, 0) is 93.3 Å². The third-order valence-electron chi connectivity index (χ3n) is 17.1. The summed E-state index contributed by atoms with van der Waals surface area (Å²) in [5, 5.41) is 1.00. The molecule has 0 saturated heterocycles. The van der Waals surface area contributed by atoms with E-state index in [0.29, 0.717) is 57.2 Å². The fourth-order valence-electron chi connectivity index (χ4n) is 12.5. The van der Waals surface area contributed by atoms with Crippen LogP contribution >= 0.6 is 22.7 Å². The number of rotatable bonds is 42. The van der Waals surface area contributed by atoms with Gasteiger partial charge in [-0.1, -0.05) is 233 Å². The summed E-state index contributed by atoms with van der Waals surface area (Å²) >= 11 is 3.39. The van der Waals surface area contributed by atoms with Crippen molar-refractivity contribution in [3.8, 4) is 20.2 Å². The van der Waals surface area contributed by atoms with E-state index in [2.05, 4.69) is 58.9 Å². The Morgan fingerprint density at radius 3 is 1.08 bits per heavy atom. The van der Waals surface area contributed by atoms with Crippen LogP contribution in [0.25, 0.3) is 31.0 Å². The highest BCUT2D eigenvalue weighted by Crippen LogP contribution is 2.47. The van der Waals surface area contributed by atoms with Crippen LogP contribution in [0.5, 0.6) is 0 Å². The molecule has 0 fully saturated rings. The van der Waals surface area contributed by atoms with Crippen LogP contribution in [0, 0.1) is 25.7 Å². The van der Waals surface area contributed by atoms with Crippen molar-refractivity contribution in [2.24, 2.45) is 11.8 Å². The first-order valence-corrected chi connectivity index (χ1v) is 33.3. The fraction of sp³-hybridized carbons (Fsp3) is 0.676.